The van der Waals surface area contributed by atoms with Crippen molar-refractivity contribution in [3.63, 3.8) is 0 Å². The first kappa shape index (κ1) is 23.9. The SMILES string of the molecule is COC(=O)N1CCc2nc(C)n(C3C[C@H]4CC[C@@H](C3)N4CC[C@H](NC(C)=O)c3ccccc3)c2C1. The minimum atomic E-state index is -0.261. The molecule has 0 radical (unpaired) electrons. The monoisotopic (exact) mass is 479 g/mol. The summed E-state index contributed by atoms with van der Waals surface area (Å²) < 4.78 is 7.41. The molecule has 8 nitrogen and oxygen atoms in total. The number of carbonyl (C=O) groups excluding carboxylic acids is 2. The molecule has 1 unspecified atom stereocenters. The van der Waals surface area contributed by atoms with Crippen molar-refractivity contribution in [3.8, 4) is 0 Å². The zero-order valence-corrected chi connectivity index (χ0v) is 21.1. The van der Waals surface area contributed by atoms with Crippen molar-refractivity contribution in [1.82, 2.24) is 24.7 Å². The van der Waals surface area contributed by atoms with Crippen LogP contribution in [0, 0.1) is 6.92 Å². The molecule has 1 N–H and O–H groups in total. The number of hydrogen-bond acceptors (Lipinski definition) is 5. The Bertz CT molecular complexity index is 1050. The third kappa shape index (κ3) is 4.81. The lowest BCUT2D eigenvalue weighted by atomic mass is 9.95. The molecule has 4 heterocycles. The van der Waals surface area contributed by atoms with Gasteiger partial charge in [-0.2, -0.15) is 0 Å². The molecule has 0 aliphatic carbocycles. The van der Waals surface area contributed by atoms with E-state index in [1.807, 2.05) is 18.2 Å². The van der Waals surface area contributed by atoms with E-state index in [1.165, 1.54) is 31.2 Å². The maximum Gasteiger partial charge on any atom is 0.409 e. The molecule has 8 heteroatoms. The van der Waals surface area contributed by atoms with Crippen LogP contribution < -0.4 is 5.32 Å². The number of rotatable bonds is 6. The smallest absolute Gasteiger partial charge is 0.409 e. The van der Waals surface area contributed by atoms with Gasteiger partial charge in [-0.15, -0.1) is 0 Å². The second kappa shape index (κ2) is 10.0. The third-order valence-corrected chi connectivity index (χ3v) is 8.14. The first-order valence-electron chi connectivity index (χ1n) is 12.9. The van der Waals surface area contributed by atoms with Crippen LogP contribution in [-0.2, 0) is 22.5 Å². The highest BCUT2D eigenvalue weighted by molar-refractivity contribution is 5.73. The molecule has 1 aromatic heterocycles. The number of aromatic nitrogens is 2. The van der Waals surface area contributed by atoms with Gasteiger partial charge in [0.05, 0.1) is 31.1 Å². The molecule has 0 saturated carbocycles. The summed E-state index contributed by atoms with van der Waals surface area (Å²) in [5, 5.41) is 3.16. The Kier molecular flexibility index (Phi) is 6.82. The van der Waals surface area contributed by atoms with Crippen LogP contribution in [0.25, 0.3) is 0 Å². The van der Waals surface area contributed by atoms with Crippen LogP contribution in [0.15, 0.2) is 30.3 Å². The normalized spacial score (nSPS) is 24.7. The van der Waals surface area contributed by atoms with Crippen molar-refractivity contribution < 1.29 is 14.3 Å². The number of nitrogens with one attached hydrogen (secondary N) is 1. The van der Waals surface area contributed by atoms with E-state index in [9.17, 15) is 9.59 Å². The number of imidazole rings is 1. The lowest BCUT2D eigenvalue weighted by molar-refractivity contribution is -0.119. The number of piperidine rings is 1. The number of fused-ring (bicyclic) bond motifs is 3. The topological polar surface area (TPSA) is 79.7 Å². The molecule has 2 saturated heterocycles. The molecule has 1 aromatic carbocycles. The summed E-state index contributed by atoms with van der Waals surface area (Å²) in [6.45, 7) is 5.93. The van der Waals surface area contributed by atoms with Gasteiger partial charge in [-0.25, -0.2) is 9.78 Å². The highest BCUT2D eigenvalue weighted by Crippen LogP contribution is 2.43. The summed E-state index contributed by atoms with van der Waals surface area (Å²) in [5.41, 5.74) is 3.49. The standard InChI is InChI=1S/C27H37N5O3/c1-18-28-25-11-13-30(27(34)35-3)17-26(25)32(18)23-15-21-9-10-22(16-23)31(21)14-12-24(29-19(2)33)20-7-5-4-6-8-20/h4-8,21-24H,9-17H2,1-3H3,(H,29,33)/t21-,22+,23?,24-/m0/s1. The summed E-state index contributed by atoms with van der Waals surface area (Å²) in [7, 11) is 1.45. The number of methoxy groups -OCH3 is 1. The van der Waals surface area contributed by atoms with E-state index in [2.05, 4.69) is 33.8 Å². The van der Waals surface area contributed by atoms with Crippen molar-refractivity contribution in [2.45, 2.75) is 83.1 Å². The lowest BCUT2D eigenvalue weighted by Gasteiger charge is -2.41. The predicted molar refractivity (Wildman–Crippen MR) is 133 cm³/mol. The molecule has 3 aliphatic rings. The number of nitrogens with zero attached hydrogens (tertiary/aromatic N) is 4. The maximum atomic E-state index is 12.2. The van der Waals surface area contributed by atoms with Gasteiger partial charge < -0.3 is 19.5 Å². The van der Waals surface area contributed by atoms with Crippen molar-refractivity contribution in [2.24, 2.45) is 0 Å². The molecule has 188 valence electrons. The average Bonchev–Trinajstić information content (AvgIpc) is 3.31. The largest absolute Gasteiger partial charge is 0.453 e. The highest BCUT2D eigenvalue weighted by Gasteiger charge is 2.42. The molecule has 2 amide bonds. The van der Waals surface area contributed by atoms with Crippen molar-refractivity contribution in [3.05, 3.63) is 53.1 Å². The molecule has 35 heavy (non-hydrogen) atoms. The summed E-state index contributed by atoms with van der Waals surface area (Å²) in [6, 6.07) is 11.8. The second-order valence-electron chi connectivity index (χ2n) is 10.3. The van der Waals surface area contributed by atoms with Gasteiger partial charge in [0.1, 0.15) is 5.82 Å². The van der Waals surface area contributed by atoms with E-state index < -0.39 is 0 Å². The van der Waals surface area contributed by atoms with Crippen molar-refractivity contribution >= 4 is 12.0 Å². The minimum absolute atomic E-state index is 0.0156. The number of benzene rings is 1. The van der Waals surface area contributed by atoms with Gasteiger partial charge in [0.15, 0.2) is 0 Å². The van der Waals surface area contributed by atoms with Gasteiger partial charge in [-0.1, -0.05) is 30.3 Å². The second-order valence-corrected chi connectivity index (χ2v) is 10.3. The summed E-state index contributed by atoms with van der Waals surface area (Å²) in [6.07, 6.45) is 6.10. The average molecular weight is 480 g/mol. The Hall–Kier alpha value is -2.87. The Morgan fingerprint density at radius 1 is 1.14 bits per heavy atom. The zero-order chi connectivity index (χ0) is 24.5. The van der Waals surface area contributed by atoms with Crippen LogP contribution >= 0.6 is 0 Å². The van der Waals surface area contributed by atoms with Crippen molar-refractivity contribution in [2.75, 3.05) is 20.2 Å². The molecular formula is C27H37N5O3. The van der Waals surface area contributed by atoms with E-state index in [-0.39, 0.29) is 18.0 Å². The van der Waals surface area contributed by atoms with Crippen LogP contribution in [0.3, 0.4) is 0 Å². The Labute approximate surface area is 207 Å². The third-order valence-electron chi connectivity index (χ3n) is 8.14. The minimum Gasteiger partial charge on any atom is -0.453 e. The number of aryl methyl sites for hydroxylation is 1. The summed E-state index contributed by atoms with van der Waals surface area (Å²) in [5.74, 6) is 1.08. The van der Waals surface area contributed by atoms with E-state index >= 15 is 0 Å². The fourth-order valence-corrected chi connectivity index (χ4v) is 6.64. The Balaban J connectivity index is 1.28. The van der Waals surface area contributed by atoms with Gasteiger partial charge in [0, 0.05) is 44.6 Å². The molecule has 2 fully saturated rings. The zero-order valence-electron chi connectivity index (χ0n) is 21.1. The number of carbonyl (C=O) groups is 2. The molecule has 2 bridgehead atoms. The molecule has 3 aliphatic heterocycles. The van der Waals surface area contributed by atoms with Crippen LogP contribution in [0.2, 0.25) is 0 Å². The molecule has 0 spiro atoms. The maximum absolute atomic E-state index is 12.2. The molecule has 2 aromatic rings. The Morgan fingerprint density at radius 2 is 1.86 bits per heavy atom. The van der Waals surface area contributed by atoms with E-state index in [0.29, 0.717) is 31.2 Å². The fourth-order valence-electron chi connectivity index (χ4n) is 6.64. The first-order chi connectivity index (χ1) is 16.9. The van der Waals surface area contributed by atoms with Crippen LogP contribution in [0.4, 0.5) is 4.79 Å². The van der Waals surface area contributed by atoms with Gasteiger partial charge >= 0.3 is 6.09 Å². The van der Waals surface area contributed by atoms with Gasteiger partial charge in [0.25, 0.3) is 0 Å². The number of ether oxygens (including phenoxy) is 1. The van der Waals surface area contributed by atoms with Crippen LogP contribution in [0.1, 0.15) is 73.9 Å². The fraction of sp³-hybridized carbons (Fsp3) is 0.593. The number of amides is 2. The predicted octanol–water partition coefficient (Wildman–Crippen LogP) is 3.75. The van der Waals surface area contributed by atoms with Crippen LogP contribution in [-0.4, -0.2) is 63.6 Å². The van der Waals surface area contributed by atoms with Gasteiger partial charge in [-0.3, -0.25) is 9.69 Å². The van der Waals surface area contributed by atoms with E-state index in [4.69, 9.17) is 9.72 Å². The van der Waals surface area contributed by atoms with Crippen LogP contribution in [0.5, 0.6) is 0 Å². The molecule has 5 rings (SSSR count). The molecular weight excluding hydrogens is 442 g/mol. The van der Waals surface area contributed by atoms with Gasteiger partial charge in [0.2, 0.25) is 5.91 Å². The quantitative estimate of drug-likeness (QED) is 0.683. The summed E-state index contributed by atoms with van der Waals surface area (Å²) >= 11 is 0. The van der Waals surface area contributed by atoms with E-state index in [0.717, 1.165) is 43.7 Å². The van der Waals surface area contributed by atoms with Crippen molar-refractivity contribution in [1.29, 1.82) is 0 Å². The van der Waals surface area contributed by atoms with E-state index in [1.54, 1.807) is 11.8 Å². The number of hydrogen-bond donors (Lipinski definition) is 1. The summed E-state index contributed by atoms with van der Waals surface area (Å²) in [4.78, 5) is 33.4. The first-order valence-corrected chi connectivity index (χ1v) is 12.9. The highest BCUT2D eigenvalue weighted by atomic mass is 16.5. The lowest BCUT2D eigenvalue weighted by Crippen LogP contribution is -2.45. The Morgan fingerprint density at radius 3 is 2.51 bits per heavy atom. The molecule has 4 atom stereocenters. The van der Waals surface area contributed by atoms with Gasteiger partial charge in [-0.05, 0) is 44.6 Å².